The monoisotopic (exact) mass is 262 g/mol. The highest BCUT2D eigenvalue weighted by molar-refractivity contribution is 5.90. The van der Waals surface area contributed by atoms with Crippen molar-refractivity contribution in [3.8, 4) is 5.75 Å². The Morgan fingerprint density at radius 2 is 2.21 bits per heavy atom. The van der Waals surface area contributed by atoms with Crippen molar-refractivity contribution in [3.05, 3.63) is 24.3 Å². The molecule has 1 atom stereocenters. The molecule has 0 radical (unpaired) electrons. The lowest BCUT2D eigenvalue weighted by molar-refractivity contribution is -0.116. The summed E-state index contributed by atoms with van der Waals surface area (Å²) >= 11 is 0. The van der Waals surface area contributed by atoms with Crippen molar-refractivity contribution in [2.45, 2.75) is 26.2 Å². The van der Waals surface area contributed by atoms with Crippen molar-refractivity contribution in [1.29, 1.82) is 0 Å². The van der Waals surface area contributed by atoms with Crippen LogP contribution in [0.3, 0.4) is 0 Å². The first-order valence-corrected chi connectivity index (χ1v) is 7.01. The molecule has 104 valence electrons. The summed E-state index contributed by atoms with van der Waals surface area (Å²) in [4.78, 5) is 11.9. The van der Waals surface area contributed by atoms with Gasteiger partial charge in [-0.15, -0.1) is 0 Å². The Labute approximate surface area is 114 Å². The third kappa shape index (κ3) is 4.56. The minimum Gasteiger partial charge on any atom is -0.494 e. The van der Waals surface area contributed by atoms with Crippen molar-refractivity contribution in [2.24, 2.45) is 5.92 Å². The molecule has 0 aromatic heterocycles. The molecule has 0 aliphatic carbocycles. The van der Waals surface area contributed by atoms with E-state index in [0.717, 1.165) is 44.0 Å². The fraction of sp³-hybridized carbons (Fsp3) is 0.533. The van der Waals surface area contributed by atoms with Crippen molar-refractivity contribution >= 4 is 11.6 Å². The van der Waals surface area contributed by atoms with Crippen LogP contribution < -0.4 is 15.4 Å². The fourth-order valence-electron chi connectivity index (χ4n) is 2.22. The van der Waals surface area contributed by atoms with Crippen LogP contribution in [0.5, 0.6) is 5.75 Å². The zero-order valence-corrected chi connectivity index (χ0v) is 11.4. The highest BCUT2D eigenvalue weighted by atomic mass is 16.5. The minimum atomic E-state index is 0.0935. The third-order valence-electron chi connectivity index (χ3n) is 3.25. The van der Waals surface area contributed by atoms with E-state index in [1.807, 2.05) is 24.3 Å². The smallest absolute Gasteiger partial charge is 0.224 e. The topological polar surface area (TPSA) is 50.4 Å². The Bertz CT molecular complexity index is 397. The Morgan fingerprint density at radius 3 is 2.84 bits per heavy atom. The molecule has 1 saturated heterocycles. The molecule has 1 unspecified atom stereocenters. The van der Waals surface area contributed by atoms with Gasteiger partial charge >= 0.3 is 0 Å². The molecule has 0 saturated carbocycles. The summed E-state index contributed by atoms with van der Waals surface area (Å²) in [5.41, 5.74) is 0.833. The Hall–Kier alpha value is -1.55. The molecule has 1 fully saturated rings. The van der Waals surface area contributed by atoms with Crippen LogP contribution in [0, 0.1) is 5.92 Å². The lowest BCUT2D eigenvalue weighted by atomic mass is 10.0. The van der Waals surface area contributed by atoms with Crippen LogP contribution in [0.2, 0.25) is 0 Å². The van der Waals surface area contributed by atoms with Crippen LogP contribution in [0.25, 0.3) is 0 Å². The van der Waals surface area contributed by atoms with Crippen molar-refractivity contribution in [2.75, 3.05) is 25.0 Å². The van der Waals surface area contributed by atoms with Crippen LogP contribution in [0.1, 0.15) is 26.2 Å². The zero-order chi connectivity index (χ0) is 13.5. The van der Waals surface area contributed by atoms with E-state index in [0.29, 0.717) is 12.3 Å². The molecule has 1 amide bonds. The van der Waals surface area contributed by atoms with Crippen molar-refractivity contribution in [1.82, 2.24) is 5.32 Å². The Kier molecular flexibility index (Phi) is 5.21. The number of amides is 1. The van der Waals surface area contributed by atoms with E-state index in [2.05, 4.69) is 17.6 Å². The molecule has 1 aromatic carbocycles. The van der Waals surface area contributed by atoms with Gasteiger partial charge in [-0.05, 0) is 56.1 Å². The number of carbonyl (C=O) groups is 1. The van der Waals surface area contributed by atoms with Crippen LogP contribution in [-0.2, 0) is 4.79 Å². The van der Waals surface area contributed by atoms with E-state index in [-0.39, 0.29) is 5.91 Å². The van der Waals surface area contributed by atoms with Gasteiger partial charge in [-0.3, -0.25) is 4.79 Å². The second kappa shape index (κ2) is 7.14. The highest BCUT2D eigenvalue weighted by Gasteiger charge is 2.17. The number of anilines is 1. The zero-order valence-electron chi connectivity index (χ0n) is 11.4. The van der Waals surface area contributed by atoms with E-state index in [9.17, 15) is 4.79 Å². The minimum absolute atomic E-state index is 0.0935. The molecule has 1 aliphatic rings. The summed E-state index contributed by atoms with van der Waals surface area (Å²) in [5, 5.41) is 6.20. The van der Waals surface area contributed by atoms with Crippen molar-refractivity contribution < 1.29 is 9.53 Å². The lowest BCUT2D eigenvalue weighted by Gasteiger charge is -2.10. The molecule has 4 heteroatoms. The molecule has 0 bridgehead atoms. The lowest BCUT2D eigenvalue weighted by Crippen LogP contribution is -2.18. The summed E-state index contributed by atoms with van der Waals surface area (Å²) < 4.78 is 5.50. The second-order valence-corrected chi connectivity index (χ2v) is 4.98. The summed E-state index contributed by atoms with van der Waals surface area (Å²) in [6, 6.07) is 7.55. The predicted molar refractivity (Wildman–Crippen MR) is 76.5 cm³/mol. The van der Waals surface area contributed by atoms with Gasteiger partial charge in [-0.25, -0.2) is 0 Å². The number of hydrogen-bond acceptors (Lipinski definition) is 3. The van der Waals surface area contributed by atoms with Gasteiger partial charge in [-0.2, -0.15) is 0 Å². The van der Waals surface area contributed by atoms with Gasteiger partial charge in [0.05, 0.1) is 6.61 Å². The van der Waals surface area contributed by atoms with Gasteiger partial charge in [0.1, 0.15) is 5.75 Å². The SMILES string of the molecule is CCCOc1ccc(NC(=O)CC2CCNC2)cc1. The standard InChI is InChI=1S/C15H22N2O2/c1-2-9-19-14-5-3-13(4-6-14)17-15(18)10-12-7-8-16-11-12/h3-6,12,16H,2,7-11H2,1H3,(H,17,18). The second-order valence-electron chi connectivity index (χ2n) is 4.98. The predicted octanol–water partition coefficient (Wildman–Crippen LogP) is 2.41. The quantitative estimate of drug-likeness (QED) is 0.827. The van der Waals surface area contributed by atoms with Gasteiger partial charge in [0, 0.05) is 12.1 Å². The first kappa shape index (κ1) is 13.9. The largest absolute Gasteiger partial charge is 0.494 e. The molecule has 2 N–H and O–H groups in total. The van der Waals surface area contributed by atoms with Crippen LogP contribution in [-0.4, -0.2) is 25.6 Å². The van der Waals surface area contributed by atoms with Gasteiger partial charge in [0.2, 0.25) is 5.91 Å². The Morgan fingerprint density at radius 1 is 1.42 bits per heavy atom. The van der Waals surface area contributed by atoms with E-state index < -0.39 is 0 Å². The molecule has 1 aliphatic heterocycles. The van der Waals surface area contributed by atoms with Crippen LogP contribution in [0.4, 0.5) is 5.69 Å². The highest BCUT2D eigenvalue weighted by Crippen LogP contribution is 2.17. The average Bonchev–Trinajstić information content (AvgIpc) is 2.90. The van der Waals surface area contributed by atoms with E-state index in [1.165, 1.54) is 0 Å². The molecule has 19 heavy (non-hydrogen) atoms. The van der Waals surface area contributed by atoms with Crippen molar-refractivity contribution in [3.63, 3.8) is 0 Å². The Balaban J connectivity index is 1.79. The molecule has 1 aromatic rings. The van der Waals surface area contributed by atoms with E-state index >= 15 is 0 Å². The first-order valence-electron chi connectivity index (χ1n) is 7.01. The average molecular weight is 262 g/mol. The summed E-state index contributed by atoms with van der Waals surface area (Å²) in [5.74, 6) is 1.42. The normalized spacial score (nSPS) is 18.3. The van der Waals surface area contributed by atoms with Gasteiger partial charge in [0.25, 0.3) is 0 Å². The molecule has 2 rings (SSSR count). The van der Waals surface area contributed by atoms with Crippen LogP contribution >= 0.6 is 0 Å². The summed E-state index contributed by atoms with van der Waals surface area (Å²) in [6.07, 6.45) is 2.69. The molecule has 0 spiro atoms. The van der Waals surface area contributed by atoms with Crippen LogP contribution in [0.15, 0.2) is 24.3 Å². The third-order valence-corrected chi connectivity index (χ3v) is 3.25. The summed E-state index contributed by atoms with van der Waals surface area (Å²) in [7, 11) is 0. The van der Waals surface area contributed by atoms with E-state index in [1.54, 1.807) is 0 Å². The fourth-order valence-corrected chi connectivity index (χ4v) is 2.22. The molecular weight excluding hydrogens is 240 g/mol. The maximum atomic E-state index is 11.9. The number of carbonyl (C=O) groups excluding carboxylic acids is 1. The van der Waals surface area contributed by atoms with E-state index in [4.69, 9.17) is 4.74 Å². The maximum Gasteiger partial charge on any atom is 0.224 e. The molecular formula is C15H22N2O2. The summed E-state index contributed by atoms with van der Waals surface area (Å²) in [6.45, 7) is 4.78. The molecule has 1 heterocycles. The number of benzene rings is 1. The number of hydrogen-bond donors (Lipinski definition) is 2. The maximum absolute atomic E-state index is 11.9. The van der Waals surface area contributed by atoms with Gasteiger partial charge < -0.3 is 15.4 Å². The number of rotatable bonds is 6. The number of nitrogens with one attached hydrogen (secondary N) is 2. The van der Waals surface area contributed by atoms with Gasteiger partial charge in [0.15, 0.2) is 0 Å². The van der Waals surface area contributed by atoms with Gasteiger partial charge in [-0.1, -0.05) is 6.92 Å². The molecule has 4 nitrogen and oxygen atoms in total. The first-order chi connectivity index (χ1) is 9.28. The number of ether oxygens (including phenoxy) is 1.